The summed E-state index contributed by atoms with van der Waals surface area (Å²) in [7, 11) is 0. The monoisotopic (exact) mass is 471 g/mol. The number of benzene rings is 2. The molecule has 8 nitrogen and oxygen atoms in total. The topological polar surface area (TPSA) is 132 Å². The normalized spacial score (nSPS) is 13.8. The van der Waals surface area contributed by atoms with Gasteiger partial charge in [-0.2, -0.15) is 4.37 Å². The van der Waals surface area contributed by atoms with Gasteiger partial charge in [-0.3, -0.25) is 4.79 Å². The van der Waals surface area contributed by atoms with Crippen LogP contribution in [0.25, 0.3) is 10.9 Å². The number of ketones is 1. The van der Waals surface area contributed by atoms with Gasteiger partial charge < -0.3 is 14.8 Å². The number of fused-ring (bicyclic) bond motifs is 1. The number of Topliss-reactive ketones (excluding diaryl/α,β-unsaturated/α-hetero) is 1. The molecule has 0 amide bonds. The van der Waals surface area contributed by atoms with E-state index in [-0.39, 0.29) is 27.2 Å². The van der Waals surface area contributed by atoms with Crippen LogP contribution in [0.5, 0.6) is 5.75 Å². The van der Waals surface area contributed by atoms with Gasteiger partial charge >= 0.3 is 0 Å². The van der Waals surface area contributed by atoms with Crippen molar-refractivity contribution in [3.63, 3.8) is 0 Å². The fourth-order valence-corrected chi connectivity index (χ4v) is 4.41. The zero-order valence-corrected chi connectivity index (χ0v) is 18.0. The molecule has 0 spiro atoms. The molecule has 2 aromatic carbocycles. The molecule has 0 aliphatic rings. The summed E-state index contributed by atoms with van der Waals surface area (Å²) in [5.41, 5.74) is 0.929. The summed E-state index contributed by atoms with van der Waals surface area (Å²) in [6.07, 6.45) is -1.09. The van der Waals surface area contributed by atoms with E-state index in [4.69, 9.17) is 11.6 Å². The molecule has 3 aromatic rings. The molecule has 1 aromatic heterocycles. The Labute approximate surface area is 181 Å². The number of phenols is 1. The Kier molecular flexibility index (Phi) is 6.98. The van der Waals surface area contributed by atoms with E-state index in [1.165, 1.54) is 31.2 Å². The molecule has 0 saturated carbocycles. The van der Waals surface area contributed by atoms with E-state index < -0.39 is 17.2 Å². The predicted molar refractivity (Wildman–Crippen MR) is 113 cm³/mol. The number of carbonyl (C=O) groups excluding carboxylic acids is 1. The van der Waals surface area contributed by atoms with Crippen molar-refractivity contribution < 1.29 is 23.8 Å². The maximum atomic E-state index is 11.7. The van der Waals surface area contributed by atoms with Gasteiger partial charge in [0.25, 0.3) is 0 Å². The SMILES string of the molecule is CC(O)C(=O)CSc1cc(O)c(Cl)cc1N=Nc1snc2ccc(S(=O)O)cc12. The van der Waals surface area contributed by atoms with Crippen LogP contribution in [-0.2, 0) is 15.9 Å². The van der Waals surface area contributed by atoms with E-state index in [2.05, 4.69) is 14.6 Å². The first-order valence-corrected chi connectivity index (χ1v) is 11.3. The lowest BCUT2D eigenvalue weighted by Gasteiger charge is -2.07. The summed E-state index contributed by atoms with van der Waals surface area (Å²) < 4.78 is 24.8. The number of hydrogen-bond acceptors (Lipinski definition) is 9. The Morgan fingerprint density at radius 2 is 2.10 bits per heavy atom. The molecule has 12 heteroatoms. The standard InChI is InChI=1S/C17H14ClN3O5S3/c1-8(22)15(24)7-27-16-6-14(23)11(18)5-13(16)19-20-17-10-4-9(29(25)26)2-3-12(10)21-28-17/h2-6,8,22-23H,7H2,1H3,(H,25,26). The maximum Gasteiger partial charge on any atom is 0.186 e. The van der Waals surface area contributed by atoms with Gasteiger partial charge in [0.05, 0.1) is 21.2 Å². The first-order valence-electron chi connectivity index (χ1n) is 8.04. The molecule has 0 saturated heterocycles. The van der Waals surface area contributed by atoms with Crippen LogP contribution in [0.1, 0.15) is 6.92 Å². The highest BCUT2D eigenvalue weighted by molar-refractivity contribution is 8.00. The molecule has 3 N–H and O–H groups in total. The number of carbonyl (C=O) groups is 1. The number of aliphatic hydroxyl groups is 1. The van der Waals surface area contributed by atoms with Crippen LogP contribution < -0.4 is 0 Å². The van der Waals surface area contributed by atoms with Gasteiger partial charge in [-0.25, -0.2) is 4.21 Å². The van der Waals surface area contributed by atoms with E-state index in [1.807, 2.05) is 0 Å². The number of phenolic OH excluding ortho intramolecular Hbond substituents is 1. The number of azo groups is 1. The van der Waals surface area contributed by atoms with Crippen LogP contribution in [0, 0.1) is 0 Å². The highest BCUT2D eigenvalue weighted by atomic mass is 35.5. The highest BCUT2D eigenvalue weighted by Gasteiger charge is 2.14. The zero-order chi connectivity index (χ0) is 21.1. The lowest BCUT2D eigenvalue weighted by atomic mass is 10.2. The maximum absolute atomic E-state index is 11.7. The molecule has 3 rings (SSSR count). The van der Waals surface area contributed by atoms with Crippen molar-refractivity contribution in [1.82, 2.24) is 4.37 Å². The Balaban J connectivity index is 1.94. The number of aliphatic hydroxyl groups excluding tert-OH is 1. The lowest BCUT2D eigenvalue weighted by molar-refractivity contribution is -0.123. The van der Waals surface area contributed by atoms with Crippen LogP contribution in [0.2, 0.25) is 5.02 Å². The van der Waals surface area contributed by atoms with Crippen molar-refractivity contribution in [1.29, 1.82) is 0 Å². The lowest BCUT2D eigenvalue weighted by Crippen LogP contribution is -2.17. The fraction of sp³-hybridized carbons (Fsp3) is 0.176. The summed E-state index contributed by atoms with van der Waals surface area (Å²) >= 11 is 5.99. The van der Waals surface area contributed by atoms with Gasteiger partial charge in [-0.15, -0.1) is 22.0 Å². The molecule has 0 aliphatic heterocycles. The average molecular weight is 472 g/mol. The third-order valence-electron chi connectivity index (χ3n) is 3.74. The van der Waals surface area contributed by atoms with E-state index in [0.717, 1.165) is 23.3 Å². The molecule has 2 unspecified atom stereocenters. The quantitative estimate of drug-likeness (QED) is 0.258. The Morgan fingerprint density at radius 1 is 1.34 bits per heavy atom. The molecule has 0 bridgehead atoms. The fourth-order valence-electron chi connectivity index (χ4n) is 2.18. The van der Waals surface area contributed by atoms with Gasteiger partial charge in [0, 0.05) is 10.3 Å². The van der Waals surface area contributed by atoms with Gasteiger partial charge in [0.15, 0.2) is 21.9 Å². The van der Waals surface area contributed by atoms with Crippen LogP contribution in [-0.4, -0.2) is 41.0 Å². The number of halogens is 1. The van der Waals surface area contributed by atoms with Crippen LogP contribution in [0.15, 0.2) is 50.4 Å². The Bertz CT molecular complexity index is 1130. The van der Waals surface area contributed by atoms with Gasteiger partial charge in [-0.1, -0.05) is 11.6 Å². The van der Waals surface area contributed by atoms with Crippen LogP contribution >= 0.6 is 34.9 Å². The molecule has 2 atom stereocenters. The minimum absolute atomic E-state index is 0.0174. The summed E-state index contributed by atoms with van der Waals surface area (Å²) in [4.78, 5) is 12.4. The van der Waals surface area contributed by atoms with Crippen molar-refractivity contribution in [2.45, 2.75) is 22.8 Å². The Morgan fingerprint density at radius 3 is 2.79 bits per heavy atom. The van der Waals surface area contributed by atoms with Crippen molar-refractivity contribution >= 4 is 73.4 Å². The van der Waals surface area contributed by atoms with E-state index in [9.17, 15) is 23.8 Å². The van der Waals surface area contributed by atoms with Crippen molar-refractivity contribution in [2.75, 3.05) is 5.75 Å². The minimum Gasteiger partial charge on any atom is -0.506 e. The summed E-state index contributed by atoms with van der Waals surface area (Å²) in [6, 6.07) is 7.42. The van der Waals surface area contributed by atoms with E-state index in [0.29, 0.717) is 26.5 Å². The van der Waals surface area contributed by atoms with Gasteiger partial charge in [0.2, 0.25) is 0 Å². The van der Waals surface area contributed by atoms with Crippen molar-refractivity contribution in [2.24, 2.45) is 10.2 Å². The average Bonchev–Trinajstić information content (AvgIpc) is 3.09. The number of hydrogen-bond donors (Lipinski definition) is 3. The van der Waals surface area contributed by atoms with Crippen LogP contribution in [0.4, 0.5) is 10.7 Å². The Hall–Kier alpha value is -1.89. The first kappa shape index (κ1) is 21.8. The van der Waals surface area contributed by atoms with Crippen molar-refractivity contribution in [3.05, 3.63) is 35.4 Å². The highest BCUT2D eigenvalue weighted by Crippen LogP contribution is 2.40. The largest absolute Gasteiger partial charge is 0.506 e. The van der Waals surface area contributed by atoms with Crippen molar-refractivity contribution in [3.8, 4) is 5.75 Å². The second-order valence-electron chi connectivity index (χ2n) is 5.82. The summed E-state index contributed by atoms with van der Waals surface area (Å²) in [5, 5.41) is 28.6. The summed E-state index contributed by atoms with van der Waals surface area (Å²) in [5.74, 6) is -0.558. The number of aromatic nitrogens is 1. The third kappa shape index (κ3) is 5.18. The molecule has 0 radical (unpaired) electrons. The number of aromatic hydroxyl groups is 1. The van der Waals surface area contributed by atoms with E-state index >= 15 is 0 Å². The second kappa shape index (κ2) is 9.28. The van der Waals surface area contributed by atoms with Gasteiger partial charge in [-0.05, 0) is 48.8 Å². The molecule has 0 aliphatic carbocycles. The number of rotatable bonds is 7. The second-order valence-corrected chi connectivity index (χ2v) is 8.96. The predicted octanol–water partition coefficient (Wildman–Crippen LogP) is 4.69. The molecule has 29 heavy (non-hydrogen) atoms. The van der Waals surface area contributed by atoms with E-state index in [1.54, 1.807) is 6.07 Å². The van der Waals surface area contributed by atoms with Gasteiger partial charge in [0.1, 0.15) is 17.5 Å². The molecule has 152 valence electrons. The number of nitrogens with zero attached hydrogens (tertiary/aromatic N) is 3. The summed E-state index contributed by atoms with van der Waals surface area (Å²) in [6.45, 7) is 1.38. The first-order chi connectivity index (χ1) is 13.8. The third-order valence-corrected chi connectivity index (χ3v) is 6.53. The minimum atomic E-state index is -2.13. The smallest absolute Gasteiger partial charge is 0.186 e. The molecule has 0 fully saturated rings. The molecular formula is C17H14ClN3O5S3. The molecular weight excluding hydrogens is 458 g/mol. The molecule has 1 heterocycles. The zero-order valence-electron chi connectivity index (χ0n) is 14.8. The van der Waals surface area contributed by atoms with Crippen LogP contribution in [0.3, 0.4) is 0 Å². The number of thioether (sulfide) groups is 1.